The summed E-state index contributed by atoms with van der Waals surface area (Å²) < 4.78 is 26.4. The largest absolute Gasteiger partial charge is 0.328 e. The summed E-state index contributed by atoms with van der Waals surface area (Å²) in [6.07, 6.45) is 4.05. The van der Waals surface area contributed by atoms with Crippen molar-refractivity contribution in [2.45, 2.75) is 41.9 Å². The van der Waals surface area contributed by atoms with Crippen LogP contribution in [0, 0.1) is 11.6 Å². The molecule has 1 aliphatic rings. The van der Waals surface area contributed by atoms with Crippen LogP contribution in [-0.2, 0) is 0 Å². The molecule has 0 saturated heterocycles. The van der Waals surface area contributed by atoms with Crippen LogP contribution >= 0.6 is 11.8 Å². The highest BCUT2D eigenvalue weighted by atomic mass is 32.2. The van der Waals surface area contributed by atoms with Crippen molar-refractivity contribution in [3.05, 3.63) is 29.8 Å². The Hall–Kier alpha value is -0.610. The number of benzene rings is 1. The van der Waals surface area contributed by atoms with E-state index in [0.29, 0.717) is 10.1 Å². The quantitative estimate of drug-likeness (QED) is 0.862. The lowest BCUT2D eigenvalue weighted by Gasteiger charge is -2.26. The molecular weight excluding hydrogens is 228 g/mol. The third-order valence-electron chi connectivity index (χ3n) is 2.85. The van der Waals surface area contributed by atoms with Crippen LogP contribution in [0.4, 0.5) is 8.78 Å². The molecule has 0 aromatic heterocycles. The van der Waals surface area contributed by atoms with Gasteiger partial charge in [-0.1, -0.05) is 6.42 Å². The highest BCUT2D eigenvalue weighted by Gasteiger charge is 2.21. The Balaban J connectivity index is 2.05. The first kappa shape index (κ1) is 11.9. The first-order valence-electron chi connectivity index (χ1n) is 5.52. The van der Waals surface area contributed by atoms with Crippen molar-refractivity contribution in [3.8, 4) is 0 Å². The van der Waals surface area contributed by atoms with Crippen molar-refractivity contribution in [3.63, 3.8) is 0 Å². The van der Waals surface area contributed by atoms with E-state index in [1.165, 1.54) is 23.9 Å². The maximum absolute atomic E-state index is 13.4. The van der Waals surface area contributed by atoms with Gasteiger partial charge in [0.1, 0.15) is 11.6 Å². The fourth-order valence-corrected chi connectivity index (χ4v) is 3.38. The van der Waals surface area contributed by atoms with E-state index in [2.05, 4.69) is 0 Å². The van der Waals surface area contributed by atoms with E-state index in [0.717, 1.165) is 31.7 Å². The molecule has 16 heavy (non-hydrogen) atoms. The van der Waals surface area contributed by atoms with Crippen LogP contribution in [0.25, 0.3) is 0 Å². The van der Waals surface area contributed by atoms with Crippen LogP contribution < -0.4 is 5.73 Å². The summed E-state index contributed by atoms with van der Waals surface area (Å²) in [5.74, 6) is -0.727. The molecule has 1 fully saturated rings. The number of nitrogens with two attached hydrogens (primary N) is 1. The van der Waals surface area contributed by atoms with Crippen LogP contribution in [0.1, 0.15) is 25.7 Å². The van der Waals surface area contributed by atoms with Gasteiger partial charge >= 0.3 is 0 Å². The van der Waals surface area contributed by atoms with Gasteiger partial charge < -0.3 is 5.73 Å². The summed E-state index contributed by atoms with van der Waals surface area (Å²) in [6, 6.07) is 3.80. The Morgan fingerprint density at radius 2 is 2.06 bits per heavy atom. The van der Waals surface area contributed by atoms with Crippen LogP contribution in [0.15, 0.2) is 23.1 Å². The van der Waals surface area contributed by atoms with Gasteiger partial charge in [-0.3, -0.25) is 0 Å². The lowest BCUT2D eigenvalue weighted by molar-refractivity contribution is 0.451. The summed E-state index contributed by atoms with van der Waals surface area (Å²) in [4.78, 5) is 0.402. The average molecular weight is 243 g/mol. The molecule has 1 aliphatic carbocycles. The average Bonchev–Trinajstić information content (AvgIpc) is 2.24. The first-order valence-corrected chi connectivity index (χ1v) is 6.40. The zero-order chi connectivity index (χ0) is 11.5. The van der Waals surface area contributed by atoms with Crippen molar-refractivity contribution in [1.82, 2.24) is 0 Å². The van der Waals surface area contributed by atoms with E-state index >= 15 is 0 Å². The number of rotatable bonds is 2. The van der Waals surface area contributed by atoms with E-state index in [-0.39, 0.29) is 17.7 Å². The monoisotopic (exact) mass is 243 g/mol. The van der Waals surface area contributed by atoms with Gasteiger partial charge in [0.15, 0.2) is 0 Å². The fraction of sp³-hybridized carbons (Fsp3) is 0.500. The summed E-state index contributed by atoms with van der Waals surface area (Å²) in [6.45, 7) is 0. The van der Waals surface area contributed by atoms with Crippen LogP contribution in [0.3, 0.4) is 0 Å². The molecule has 2 unspecified atom stereocenters. The highest BCUT2D eigenvalue weighted by Crippen LogP contribution is 2.34. The molecule has 0 spiro atoms. The maximum Gasteiger partial charge on any atom is 0.136 e. The molecule has 0 heterocycles. The van der Waals surface area contributed by atoms with E-state index in [1.807, 2.05) is 0 Å². The third-order valence-corrected chi connectivity index (χ3v) is 4.18. The minimum Gasteiger partial charge on any atom is -0.328 e. The number of halogens is 2. The smallest absolute Gasteiger partial charge is 0.136 e. The Labute approximate surface area is 98.4 Å². The molecular formula is C12H15F2NS. The van der Waals surface area contributed by atoms with E-state index in [1.54, 1.807) is 0 Å². The molecule has 88 valence electrons. The number of hydrogen-bond donors (Lipinski definition) is 1. The standard InChI is InChI=1S/C12H15F2NS/c13-8-4-5-11(14)12(6-8)16-10-3-1-2-9(15)7-10/h4-6,9-10H,1-3,7,15H2. The number of thioether (sulfide) groups is 1. The maximum atomic E-state index is 13.4. The van der Waals surface area contributed by atoms with Gasteiger partial charge in [0.2, 0.25) is 0 Å². The minimum atomic E-state index is -0.385. The lowest BCUT2D eigenvalue weighted by atomic mass is 9.96. The van der Waals surface area contributed by atoms with Gasteiger partial charge in [-0.05, 0) is 37.5 Å². The molecule has 4 heteroatoms. The summed E-state index contributed by atoms with van der Waals surface area (Å²) in [7, 11) is 0. The molecule has 0 bridgehead atoms. The van der Waals surface area contributed by atoms with E-state index < -0.39 is 0 Å². The van der Waals surface area contributed by atoms with Gasteiger partial charge in [0.25, 0.3) is 0 Å². The summed E-state index contributed by atoms with van der Waals surface area (Å²) in [5, 5.41) is 0.319. The van der Waals surface area contributed by atoms with Crippen LogP contribution in [0.5, 0.6) is 0 Å². The Morgan fingerprint density at radius 1 is 1.25 bits per heavy atom. The highest BCUT2D eigenvalue weighted by molar-refractivity contribution is 8.00. The van der Waals surface area contributed by atoms with Crippen molar-refractivity contribution >= 4 is 11.8 Å². The normalized spacial score (nSPS) is 25.7. The third kappa shape index (κ3) is 2.95. The predicted octanol–water partition coefficient (Wildman–Crippen LogP) is 3.33. The lowest BCUT2D eigenvalue weighted by Crippen LogP contribution is -2.29. The van der Waals surface area contributed by atoms with Crippen molar-refractivity contribution in [1.29, 1.82) is 0 Å². The fourth-order valence-electron chi connectivity index (χ4n) is 2.04. The second-order valence-corrected chi connectivity index (χ2v) is 5.58. The predicted molar refractivity (Wildman–Crippen MR) is 62.4 cm³/mol. The molecule has 2 atom stereocenters. The SMILES string of the molecule is NC1CCCC(Sc2cc(F)ccc2F)C1. The minimum absolute atomic E-state index is 0.211. The zero-order valence-corrected chi connectivity index (χ0v) is 9.77. The second-order valence-electron chi connectivity index (χ2n) is 4.24. The molecule has 2 rings (SSSR count). The molecule has 2 N–H and O–H groups in total. The van der Waals surface area contributed by atoms with Gasteiger partial charge in [-0.25, -0.2) is 8.78 Å². The van der Waals surface area contributed by atoms with Crippen LogP contribution in [-0.4, -0.2) is 11.3 Å². The van der Waals surface area contributed by atoms with Gasteiger partial charge in [0, 0.05) is 16.2 Å². The molecule has 0 amide bonds. The Bertz CT molecular complexity index is 370. The topological polar surface area (TPSA) is 26.0 Å². The van der Waals surface area contributed by atoms with Gasteiger partial charge in [-0.2, -0.15) is 0 Å². The van der Waals surface area contributed by atoms with Gasteiger partial charge in [-0.15, -0.1) is 11.8 Å². The molecule has 1 nitrogen and oxygen atoms in total. The Morgan fingerprint density at radius 3 is 2.81 bits per heavy atom. The molecule has 1 aromatic rings. The molecule has 0 radical (unpaired) electrons. The first-order chi connectivity index (χ1) is 7.65. The second kappa shape index (κ2) is 5.15. The van der Waals surface area contributed by atoms with Crippen molar-refractivity contribution in [2.24, 2.45) is 5.73 Å². The molecule has 1 aromatic carbocycles. The summed E-state index contributed by atoms with van der Waals surface area (Å²) in [5.41, 5.74) is 5.87. The van der Waals surface area contributed by atoms with Crippen molar-refractivity contribution in [2.75, 3.05) is 0 Å². The van der Waals surface area contributed by atoms with Crippen LogP contribution in [0.2, 0.25) is 0 Å². The van der Waals surface area contributed by atoms with E-state index in [9.17, 15) is 8.78 Å². The van der Waals surface area contributed by atoms with Crippen molar-refractivity contribution < 1.29 is 8.78 Å². The van der Waals surface area contributed by atoms with E-state index in [4.69, 9.17) is 5.73 Å². The molecule has 0 aliphatic heterocycles. The summed E-state index contributed by atoms with van der Waals surface area (Å²) >= 11 is 1.41. The zero-order valence-electron chi connectivity index (χ0n) is 8.96. The molecule has 1 saturated carbocycles. The number of hydrogen-bond acceptors (Lipinski definition) is 2. The van der Waals surface area contributed by atoms with Gasteiger partial charge in [0.05, 0.1) is 0 Å². The Kier molecular flexibility index (Phi) is 3.82.